The van der Waals surface area contributed by atoms with Crippen molar-refractivity contribution in [1.29, 1.82) is 0 Å². The fourth-order valence-corrected chi connectivity index (χ4v) is 1.90. The predicted octanol–water partition coefficient (Wildman–Crippen LogP) is 2.06. The van der Waals surface area contributed by atoms with Crippen LogP contribution in [-0.2, 0) is 12.6 Å². The smallest absolute Gasteiger partial charge is 0.375 e. The fourth-order valence-electron chi connectivity index (χ4n) is 1.19. The number of aromatic amines is 1. The van der Waals surface area contributed by atoms with Crippen molar-refractivity contribution >= 4 is 16.5 Å². The first-order chi connectivity index (χ1) is 7.45. The van der Waals surface area contributed by atoms with Crippen molar-refractivity contribution in [3.05, 3.63) is 28.5 Å². The molecule has 0 radical (unpaired) electrons. The Morgan fingerprint density at radius 3 is 2.69 bits per heavy atom. The molecule has 0 amide bonds. The third-order valence-electron chi connectivity index (χ3n) is 1.86. The minimum absolute atomic E-state index is 0.317. The summed E-state index contributed by atoms with van der Waals surface area (Å²) < 4.78 is 36.7. The van der Waals surface area contributed by atoms with E-state index in [1.54, 1.807) is 0 Å². The van der Waals surface area contributed by atoms with Gasteiger partial charge in [-0.2, -0.15) is 18.3 Å². The van der Waals surface area contributed by atoms with E-state index < -0.39 is 11.9 Å². The second kappa shape index (κ2) is 3.78. The Labute approximate surface area is 92.3 Å². The molecule has 0 atom stereocenters. The second-order valence-corrected chi connectivity index (χ2v) is 4.26. The molecule has 86 valence electrons. The third-order valence-corrected chi connectivity index (χ3v) is 2.68. The molecule has 2 aromatic heterocycles. The zero-order valence-corrected chi connectivity index (χ0v) is 8.69. The average molecular weight is 248 g/mol. The van der Waals surface area contributed by atoms with Gasteiger partial charge in [-0.05, 0) is 6.07 Å². The number of H-pyrrole nitrogens is 1. The van der Waals surface area contributed by atoms with Gasteiger partial charge in [-0.1, -0.05) is 0 Å². The molecule has 16 heavy (non-hydrogen) atoms. The van der Waals surface area contributed by atoms with Crippen LogP contribution in [0.1, 0.15) is 16.3 Å². The summed E-state index contributed by atoms with van der Waals surface area (Å²) in [5.41, 5.74) is 4.88. The molecule has 0 fully saturated rings. The Morgan fingerprint density at radius 1 is 1.44 bits per heavy atom. The van der Waals surface area contributed by atoms with Crippen molar-refractivity contribution in [2.75, 3.05) is 5.73 Å². The molecule has 0 aromatic carbocycles. The molecule has 0 bridgehead atoms. The monoisotopic (exact) mass is 248 g/mol. The summed E-state index contributed by atoms with van der Waals surface area (Å²) in [7, 11) is 0. The molecular formula is C8H7F3N4S. The van der Waals surface area contributed by atoms with Crippen LogP contribution in [0.4, 0.5) is 18.3 Å². The van der Waals surface area contributed by atoms with Crippen LogP contribution >= 0.6 is 11.3 Å². The zero-order chi connectivity index (χ0) is 11.8. The van der Waals surface area contributed by atoms with Crippen LogP contribution in [0.5, 0.6) is 0 Å². The molecule has 0 aliphatic carbocycles. The van der Waals surface area contributed by atoms with Gasteiger partial charge in [0, 0.05) is 23.2 Å². The maximum absolute atomic E-state index is 12.2. The van der Waals surface area contributed by atoms with Gasteiger partial charge >= 0.3 is 6.18 Å². The van der Waals surface area contributed by atoms with E-state index in [2.05, 4.69) is 15.2 Å². The SMILES string of the molecule is Nc1ncc(Cc2cc(C(F)(F)F)n[nH]2)s1. The standard InChI is InChI=1S/C8H7F3N4S/c9-8(10,11)6-2-4(14-15-6)1-5-3-13-7(12)16-5/h2-3H,1H2,(H2,12,13)(H,14,15). The van der Waals surface area contributed by atoms with Crippen molar-refractivity contribution in [3.8, 4) is 0 Å². The fraction of sp³-hybridized carbons (Fsp3) is 0.250. The maximum Gasteiger partial charge on any atom is 0.435 e. The quantitative estimate of drug-likeness (QED) is 0.854. The van der Waals surface area contributed by atoms with E-state index in [0.29, 0.717) is 17.2 Å². The van der Waals surface area contributed by atoms with Gasteiger partial charge in [0.2, 0.25) is 0 Å². The number of nitrogens with zero attached hydrogens (tertiary/aromatic N) is 2. The number of aromatic nitrogens is 3. The van der Waals surface area contributed by atoms with E-state index in [1.165, 1.54) is 17.5 Å². The second-order valence-electron chi connectivity index (χ2n) is 3.12. The minimum Gasteiger partial charge on any atom is -0.375 e. The lowest BCUT2D eigenvalue weighted by molar-refractivity contribution is -0.141. The van der Waals surface area contributed by atoms with Gasteiger partial charge in [-0.3, -0.25) is 5.10 Å². The van der Waals surface area contributed by atoms with Crippen LogP contribution in [0.25, 0.3) is 0 Å². The van der Waals surface area contributed by atoms with Crippen LogP contribution < -0.4 is 5.73 Å². The van der Waals surface area contributed by atoms with E-state index in [9.17, 15) is 13.2 Å². The largest absolute Gasteiger partial charge is 0.435 e. The van der Waals surface area contributed by atoms with Crippen molar-refractivity contribution in [2.24, 2.45) is 0 Å². The summed E-state index contributed by atoms with van der Waals surface area (Å²) >= 11 is 1.24. The highest BCUT2D eigenvalue weighted by molar-refractivity contribution is 7.15. The minimum atomic E-state index is -4.42. The molecular weight excluding hydrogens is 241 g/mol. The van der Waals surface area contributed by atoms with Gasteiger partial charge in [0.15, 0.2) is 10.8 Å². The molecule has 0 aliphatic rings. The van der Waals surface area contributed by atoms with Crippen molar-refractivity contribution < 1.29 is 13.2 Å². The number of rotatable bonds is 2. The Hall–Kier alpha value is -1.57. The van der Waals surface area contributed by atoms with Crippen molar-refractivity contribution in [3.63, 3.8) is 0 Å². The molecule has 2 aromatic rings. The van der Waals surface area contributed by atoms with Gasteiger partial charge in [0.1, 0.15) is 0 Å². The van der Waals surface area contributed by atoms with Crippen LogP contribution in [0.15, 0.2) is 12.3 Å². The molecule has 2 heterocycles. The van der Waals surface area contributed by atoms with Crippen molar-refractivity contribution in [1.82, 2.24) is 15.2 Å². The molecule has 0 saturated carbocycles. The number of hydrogen-bond acceptors (Lipinski definition) is 4. The number of thiazole rings is 1. The van der Waals surface area contributed by atoms with E-state index in [0.717, 1.165) is 10.9 Å². The number of alkyl halides is 3. The van der Waals surface area contributed by atoms with Crippen LogP contribution in [-0.4, -0.2) is 15.2 Å². The molecule has 0 spiro atoms. The summed E-state index contributed by atoms with van der Waals surface area (Å²) in [6.45, 7) is 0. The highest BCUT2D eigenvalue weighted by atomic mass is 32.1. The Bertz CT molecular complexity index is 487. The van der Waals surface area contributed by atoms with Crippen molar-refractivity contribution in [2.45, 2.75) is 12.6 Å². The topological polar surface area (TPSA) is 67.6 Å². The van der Waals surface area contributed by atoms with Crippen LogP contribution in [0.3, 0.4) is 0 Å². The van der Waals surface area contributed by atoms with Gasteiger partial charge in [0.05, 0.1) is 0 Å². The first-order valence-electron chi connectivity index (χ1n) is 4.27. The number of nitrogens with two attached hydrogens (primary N) is 1. The highest BCUT2D eigenvalue weighted by Crippen LogP contribution is 2.28. The number of hydrogen-bond donors (Lipinski definition) is 2. The van der Waals surface area contributed by atoms with E-state index >= 15 is 0 Å². The van der Waals surface area contributed by atoms with Gasteiger partial charge in [-0.25, -0.2) is 4.98 Å². The molecule has 0 aliphatic heterocycles. The molecule has 8 heteroatoms. The normalized spacial score (nSPS) is 11.9. The number of anilines is 1. The Morgan fingerprint density at radius 2 is 2.19 bits per heavy atom. The van der Waals surface area contributed by atoms with E-state index in [4.69, 9.17) is 5.73 Å². The molecule has 4 nitrogen and oxygen atoms in total. The average Bonchev–Trinajstić information content (AvgIpc) is 2.74. The number of nitrogen functional groups attached to an aromatic ring is 1. The number of nitrogens with one attached hydrogen (secondary N) is 1. The molecule has 3 N–H and O–H groups in total. The molecule has 0 unspecified atom stereocenters. The first-order valence-corrected chi connectivity index (χ1v) is 5.08. The number of halogens is 3. The molecule has 2 rings (SSSR count). The third kappa shape index (κ3) is 2.32. The lowest BCUT2D eigenvalue weighted by Crippen LogP contribution is -2.04. The first kappa shape index (κ1) is 10.9. The summed E-state index contributed by atoms with van der Waals surface area (Å²) in [6.07, 6.45) is -2.56. The Kier molecular flexibility index (Phi) is 2.58. The van der Waals surface area contributed by atoms with Gasteiger partial charge < -0.3 is 5.73 Å². The molecule has 0 saturated heterocycles. The maximum atomic E-state index is 12.2. The summed E-state index contributed by atoms with van der Waals surface area (Å²) in [5, 5.41) is 5.93. The predicted molar refractivity (Wildman–Crippen MR) is 52.9 cm³/mol. The highest BCUT2D eigenvalue weighted by Gasteiger charge is 2.33. The summed E-state index contributed by atoms with van der Waals surface area (Å²) in [5.74, 6) is 0. The van der Waals surface area contributed by atoms with E-state index in [1.807, 2.05) is 0 Å². The summed E-state index contributed by atoms with van der Waals surface area (Å²) in [6, 6.07) is 0.982. The Balaban J connectivity index is 2.14. The van der Waals surface area contributed by atoms with Crippen LogP contribution in [0.2, 0.25) is 0 Å². The van der Waals surface area contributed by atoms with Gasteiger partial charge in [0.25, 0.3) is 0 Å². The van der Waals surface area contributed by atoms with Gasteiger partial charge in [-0.15, -0.1) is 11.3 Å². The van der Waals surface area contributed by atoms with Crippen LogP contribution in [0, 0.1) is 0 Å². The zero-order valence-electron chi connectivity index (χ0n) is 7.88. The lowest BCUT2D eigenvalue weighted by Gasteiger charge is -1.98. The van der Waals surface area contributed by atoms with E-state index in [-0.39, 0.29) is 0 Å². The summed E-state index contributed by atoms with van der Waals surface area (Å²) in [4.78, 5) is 4.60. The lowest BCUT2D eigenvalue weighted by atomic mass is 10.2.